The average Bonchev–Trinajstić information content (AvgIpc) is 2.69. The summed E-state index contributed by atoms with van der Waals surface area (Å²) in [5.41, 5.74) is -0.550. The smallest absolute Gasteiger partial charge is 0.241 e. The molecule has 0 bridgehead atoms. The van der Waals surface area contributed by atoms with Crippen LogP contribution < -0.4 is 4.72 Å². The van der Waals surface area contributed by atoms with Gasteiger partial charge in [0.25, 0.3) is 0 Å². The molecule has 0 aliphatic heterocycles. The van der Waals surface area contributed by atoms with Crippen LogP contribution in [0.25, 0.3) is 0 Å². The summed E-state index contributed by atoms with van der Waals surface area (Å²) >= 11 is 1.28. The summed E-state index contributed by atoms with van der Waals surface area (Å²) in [7, 11) is -3.56. The third kappa shape index (κ3) is 4.54. The Morgan fingerprint density at radius 3 is 2.58 bits per heavy atom. The molecule has 1 rings (SSSR count). The molecule has 1 aromatic rings. The number of aliphatic hydroxyl groups is 1. The third-order valence-electron chi connectivity index (χ3n) is 2.59. The van der Waals surface area contributed by atoms with E-state index >= 15 is 0 Å². The van der Waals surface area contributed by atoms with Crippen molar-refractivity contribution in [1.29, 1.82) is 0 Å². The topological polar surface area (TPSA) is 75.6 Å². The second kappa shape index (κ2) is 6.32. The molecular formula is C12H21NO4S2. The molecule has 7 heteroatoms. The summed E-state index contributed by atoms with van der Waals surface area (Å²) in [4.78, 5) is 1.54. The van der Waals surface area contributed by atoms with Crippen LogP contribution in [0, 0.1) is 6.92 Å². The highest BCUT2D eigenvalue weighted by Gasteiger charge is 2.24. The van der Waals surface area contributed by atoms with Gasteiger partial charge in [0.15, 0.2) is 0 Å². The first-order valence-electron chi connectivity index (χ1n) is 6.05. The van der Waals surface area contributed by atoms with Crippen LogP contribution >= 0.6 is 11.3 Å². The summed E-state index contributed by atoms with van der Waals surface area (Å²) in [5.74, 6) is 0. The lowest BCUT2D eigenvalue weighted by Gasteiger charge is -2.24. The third-order valence-corrected chi connectivity index (χ3v) is 5.28. The second-order valence-electron chi connectivity index (χ2n) is 4.81. The van der Waals surface area contributed by atoms with Crippen molar-refractivity contribution in [2.75, 3.05) is 13.2 Å². The lowest BCUT2D eigenvalue weighted by molar-refractivity contribution is -0.00515. The lowest BCUT2D eigenvalue weighted by atomic mass is 10.1. The van der Waals surface area contributed by atoms with E-state index in [4.69, 9.17) is 9.84 Å². The fourth-order valence-electron chi connectivity index (χ4n) is 1.66. The molecular weight excluding hydrogens is 286 g/mol. The van der Waals surface area contributed by atoms with Crippen molar-refractivity contribution in [3.05, 3.63) is 15.8 Å². The van der Waals surface area contributed by atoms with E-state index in [1.54, 1.807) is 6.92 Å². The quantitative estimate of drug-likeness (QED) is 0.803. The van der Waals surface area contributed by atoms with Crippen molar-refractivity contribution in [2.45, 2.75) is 44.8 Å². The Morgan fingerprint density at radius 2 is 2.11 bits per heavy atom. The maximum Gasteiger partial charge on any atom is 0.241 e. The highest BCUT2D eigenvalue weighted by Crippen LogP contribution is 2.25. The van der Waals surface area contributed by atoms with E-state index in [9.17, 15) is 8.42 Å². The van der Waals surface area contributed by atoms with Crippen LogP contribution in [0.15, 0.2) is 11.0 Å². The van der Waals surface area contributed by atoms with E-state index in [1.165, 1.54) is 17.4 Å². The molecule has 1 heterocycles. The minimum atomic E-state index is -3.56. The molecule has 2 N–H and O–H groups in total. The van der Waals surface area contributed by atoms with Crippen LogP contribution in [-0.4, -0.2) is 32.3 Å². The van der Waals surface area contributed by atoms with Crippen LogP contribution in [0.4, 0.5) is 0 Å². The van der Waals surface area contributed by atoms with Gasteiger partial charge in [-0.1, -0.05) is 0 Å². The average molecular weight is 307 g/mol. The number of thiophene rings is 1. The van der Waals surface area contributed by atoms with Gasteiger partial charge in [0, 0.05) is 22.9 Å². The second-order valence-corrected chi connectivity index (χ2v) is 7.88. The van der Waals surface area contributed by atoms with Gasteiger partial charge in [0.2, 0.25) is 10.0 Å². The van der Waals surface area contributed by atoms with Crippen LogP contribution in [0.2, 0.25) is 0 Å². The number of aryl methyl sites for hydroxylation is 1. The number of sulfonamides is 1. The van der Waals surface area contributed by atoms with E-state index in [2.05, 4.69) is 4.72 Å². The molecule has 0 saturated carbocycles. The van der Waals surface area contributed by atoms with Gasteiger partial charge in [-0.05, 0) is 33.8 Å². The van der Waals surface area contributed by atoms with Gasteiger partial charge in [0.05, 0.1) is 17.1 Å². The van der Waals surface area contributed by atoms with Gasteiger partial charge < -0.3 is 9.84 Å². The predicted molar refractivity (Wildman–Crippen MR) is 75.9 cm³/mol. The SMILES string of the molecule is CCOC(C)(C)CNS(=O)(=O)c1cc(CO)sc1C. The first-order chi connectivity index (χ1) is 8.72. The minimum Gasteiger partial charge on any atom is -0.391 e. The van der Waals surface area contributed by atoms with E-state index in [-0.39, 0.29) is 18.0 Å². The van der Waals surface area contributed by atoms with Crippen LogP contribution in [-0.2, 0) is 21.4 Å². The predicted octanol–water partition coefficient (Wildman–Crippen LogP) is 1.64. The number of hydrogen-bond donors (Lipinski definition) is 2. The fourth-order valence-corrected chi connectivity index (χ4v) is 4.35. The molecule has 1 aromatic heterocycles. The minimum absolute atomic E-state index is 0.147. The van der Waals surface area contributed by atoms with Crippen LogP contribution in [0.1, 0.15) is 30.5 Å². The number of hydrogen-bond acceptors (Lipinski definition) is 5. The van der Waals surface area contributed by atoms with Crippen LogP contribution in [0.3, 0.4) is 0 Å². The largest absolute Gasteiger partial charge is 0.391 e. The Hall–Kier alpha value is -0.470. The van der Waals surface area contributed by atoms with Gasteiger partial charge in [-0.2, -0.15) is 0 Å². The first kappa shape index (κ1) is 16.6. The Morgan fingerprint density at radius 1 is 1.47 bits per heavy atom. The molecule has 19 heavy (non-hydrogen) atoms. The van der Waals surface area contributed by atoms with Crippen LogP contribution in [0.5, 0.6) is 0 Å². The summed E-state index contributed by atoms with van der Waals surface area (Å²) < 4.78 is 32.4. The van der Waals surface area contributed by atoms with E-state index in [0.29, 0.717) is 16.4 Å². The number of ether oxygens (including phenoxy) is 1. The summed E-state index contributed by atoms with van der Waals surface area (Å²) in [6.45, 7) is 7.84. The van der Waals surface area contributed by atoms with Crippen molar-refractivity contribution in [2.24, 2.45) is 0 Å². The molecule has 0 spiro atoms. The Labute approximate surface area is 118 Å². The van der Waals surface area contributed by atoms with Gasteiger partial charge >= 0.3 is 0 Å². The van der Waals surface area contributed by atoms with Gasteiger partial charge in [-0.3, -0.25) is 0 Å². The molecule has 0 aromatic carbocycles. The number of aliphatic hydroxyl groups excluding tert-OH is 1. The standard InChI is InChI=1S/C12H21NO4S2/c1-5-17-12(3,4)8-13-19(15,16)11-6-10(7-14)18-9(11)2/h6,13-14H,5,7-8H2,1-4H3. The zero-order valence-corrected chi connectivity index (χ0v) is 13.3. The molecule has 0 unspecified atom stereocenters. The molecule has 0 atom stereocenters. The lowest BCUT2D eigenvalue weighted by Crippen LogP contribution is -2.40. The zero-order valence-electron chi connectivity index (χ0n) is 11.7. The Bertz CT molecular complexity index is 520. The number of rotatable bonds is 7. The first-order valence-corrected chi connectivity index (χ1v) is 8.35. The van der Waals surface area contributed by atoms with Crippen molar-refractivity contribution in [3.8, 4) is 0 Å². The number of nitrogens with one attached hydrogen (secondary N) is 1. The fraction of sp³-hybridized carbons (Fsp3) is 0.667. The molecule has 0 aliphatic carbocycles. The summed E-state index contributed by atoms with van der Waals surface area (Å²) in [6.07, 6.45) is 0. The summed E-state index contributed by atoms with van der Waals surface area (Å²) in [5, 5.41) is 9.05. The van der Waals surface area contributed by atoms with Gasteiger partial charge in [0.1, 0.15) is 0 Å². The molecule has 0 aliphatic rings. The molecule has 110 valence electrons. The molecule has 0 radical (unpaired) electrons. The normalized spacial score (nSPS) is 12.9. The highest BCUT2D eigenvalue weighted by molar-refractivity contribution is 7.89. The van der Waals surface area contributed by atoms with Gasteiger partial charge in [-0.25, -0.2) is 13.1 Å². The molecule has 5 nitrogen and oxygen atoms in total. The van der Waals surface area contributed by atoms with Crippen molar-refractivity contribution >= 4 is 21.4 Å². The monoisotopic (exact) mass is 307 g/mol. The van der Waals surface area contributed by atoms with E-state index < -0.39 is 15.6 Å². The maximum absolute atomic E-state index is 12.2. The van der Waals surface area contributed by atoms with Gasteiger partial charge in [-0.15, -0.1) is 11.3 Å². The zero-order chi connectivity index (χ0) is 14.7. The highest BCUT2D eigenvalue weighted by atomic mass is 32.2. The Balaban J connectivity index is 2.84. The van der Waals surface area contributed by atoms with Crippen molar-refractivity contribution < 1.29 is 18.3 Å². The maximum atomic E-state index is 12.2. The molecule has 0 saturated heterocycles. The summed E-state index contributed by atoms with van der Waals surface area (Å²) in [6, 6.07) is 1.51. The Kier molecular flexibility index (Phi) is 5.52. The van der Waals surface area contributed by atoms with E-state index in [0.717, 1.165) is 0 Å². The van der Waals surface area contributed by atoms with Crippen molar-refractivity contribution in [3.63, 3.8) is 0 Å². The molecule has 0 amide bonds. The van der Waals surface area contributed by atoms with E-state index in [1.807, 2.05) is 20.8 Å². The molecule has 0 fully saturated rings. The van der Waals surface area contributed by atoms with Crippen molar-refractivity contribution in [1.82, 2.24) is 4.72 Å².